The van der Waals surface area contributed by atoms with Crippen molar-refractivity contribution in [1.82, 2.24) is 4.98 Å². The van der Waals surface area contributed by atoms with E-state index in [4.69, 9.17) is 0 Å². The average Bonchev–Trinajstić information content (AvgIpc) is 3.15. The normalized spacial score (nSPS) is 14.6. The molecule has 0 atom stereocenters. The Bertz CT molecular complexity index is 883. The van der Waals surface area contributed by atoms with E-state index in [1.807, 2.05) is 54.6 Å². The smallest absolute Gasteiger partial charge is 0.255 e. The van der Waals surface area contributed by atoms with Crippen LogP contribution in [0.1, 0.15) is 36.0 Å². The number of nitrogens with one attached hydrogen (secondary N) is 2. The Labute approximate surface area is 147 Å². The van der Waals surface area contributed by atoms with Crippen molar-refractivity contribution in [2.45, 2.75) is 31.7 Å². The van der Waals surface area contributed by atoms with Gasteiger partial charge in [0.15, 0.2) is 0 Å². The fraction of sp³-hybridized carbons (Fsp3) is 0.238. The zero-order valence-electron chi connectivity index (χ0n) is 14.0. The van der Waals surface area contributed by atoms with E-state index < -0.39 is 0 Å². The van der Waals surface area contributed by atoms with E-state index in [2.05, 4.69) is 15.6 Å². The maximum Gasteiger partial charge on any atom is 0.255 e. The molecule has 0 radical (unpaired) electrons. The molecule has 0 saturated heterocycles. The topological polar surface area (TPSA) is 54.0 Å². The molecule has 1 amide bonds. The number of para-hydroxylation sites is 1. The summed E-state index contributed by atoms with van der Waals surface area (Å²) in [4.78, 5) is 16.8. The maximum atomic E-state index is 12.4. The summed E-state index contributed by atoms with van der Waals surface area (Å²) in [6, 6.07) is 18.1. The lowest BCUT2D eigenvalue weighted by Gasteiger charge is -2.13. The number of amides is 1. The number of aromatic nitrogens is 1. The molecule has 0 aliphatic heterocycles. The van der Waals surface area contributed by atoms with Crippen LogP contribution in [0.5, 0.6) is 0 Å². The van der Waals surface area contributed by atoms with Gasteiger partial charge in [-0.15, -0.1) is 0 Å². The van der Waals surface area contributed by atoms with Crippen molar-refractivity contribution < 1.29 is 4.79 Å². The fourth-order valence-corrected chi connectivity index (χ4v) is 3.37. The van der Waals surface area contributed by atoms with Crippen LogP contribution >= 0.6 is 0 Å². The number of fused-ring (bicyclic) bond motifs is 1. The van der Waals surface area contributed by atoms with E-state index in [9.17, 15) is 4.79 Å². The average molecular weight is 331 g/mol. The molecule has 2 N–H and O–H groups in total. The fourth-order valence-electron chi connectivity index (χ4n) is 3.37. The Morgan fingerprint density at radius 2 is 1.72 bits per heavy atom. The van der Waals surface area contributed by atoms with E-state index in [-0.39, 0.29) is 5.91 Å². The molecule has 1 aliphatic carbocycles. The highest BCUT2D eigenvalue weighted by molar-refractivity contribution is 6.05. The molecule has 126 valence electrons. The zero-order chi connectivity index (χ0) is 17.1. The van der Waals surface area contributed by atoms with Crippen LogP contribution in [0.4, 0.5) is 11.4 Å². The summed E-state index contributed by atoms with van der Waals surface area (Å²) in [5.41, 5.74) is 3.35. The predicted molar refractivity (Wildman–Crippen MR) is 102 cm³/mol. The molecule has 1 heterocycles. The first-order chi connectivity index (χ1) is 12.3. The summed E-state index contributed by atoms with van der Waals surface area (Å²) in [7, 11) is 0. The van der Waals surface area contributed by atoms with Crippen molar-refractivity contribution in [3.05, 3.63) is 66.4 Å². The zero-order valence-corrected chi connectivity index (χ0v) is 14.0. The lowest BCUT2D eigenvalue weighted by Crippen LogP contribution is -2.15. The van der Waals surface area contributed by atoms with E-state index >= 15 is 0 Å². The highest BCUT2D eigenvalue weighted by atomic mass is 16.1. The number of carbonyl (C=O) groups excluding carboxylic acids is 1. The monoisotopic (exact) mass is 331 g/mol. The molecule has 0 unspecified atom stereocenters. The molecule has 3 aromatic rings. The summed E-state index contributed by atoms with van der Waals surface area (Å²) >= 11 is 0. The lowest BCUT2D eigenvalue weighted by molar-refractivity contribution is 0.102. The van der Waals surface area contributed by atoms with Crippen LogP contribution in [-0.2, 0) is 0 Å². The van der Waals surface area contributed by atoms with Gasteiger partial charge in [-0.2, -0.15) is 0 Å². The van der Waals surface area contributed by atoms with E-state index in [1.165, 1.54) is 25.7 Å². The molecule has 25 heavy (non-hydrogen) atoms. The number of anilines is 2. The van der Waals surface area contributed by atoms with Crippen molar-refractivity contribution in [1.29, 1.82) is 0 Å². The summed E-state index contributed by atoms with van der Waals surface area (Å²) in [5.74, 6) is -0.121. The van der Waals surface area contributed by atoms with Crippen LogP contribution in [0.25, 0.3) is 10.9 Å². The second-order valence-corrected chi connectivity index (χ2v) is 6.57. The largest absolute Gasteiger partial charge is 0.382 e. The molecular formula is C21H21N3O. The van der Waals surface area contributed by atoms with Gasteiger partial charge in [-0.25, -0.2) is 0 Å². The molecule has 4 nitrogen and oxygen atoms in total. The minimum Gasteiger partial charge on any atom is -0.382 e. The Hall–Kier alpha value is -2.88. The number of carbonyl (C=O) groups is 1. The molecule has 2 aromatic carbocycles. The van der Waals surface area contributed by atoms with Gasteiger partial charge in [-0.05, 0) is 49.2 Å². The Kier molecular flexibility index (Phi) is 4.34. The highest BCUT2D eigenvalue weighted by Gasteiger charge is 2.14. The minimum atomic E-state index is -0.121. The van der Waals surface area contributed by atoms with Crippen LogP contribution in [0.15, 0.2) is 60.8 Å². The number of pyridine rings is 1. The Morgan fingerprint density at radius 3 is 2.52 bits per heavy atom. The summed E-state index contributed by atoms with van der Waals surface area (Å²) < 4.78 is 0. The molecule has 1 saturated carbocycles. The number of hydrogen-bond acceptors (Lipinski definition) is 3. The lowest BCUT2D eigenvalue weighted by atomic mass is 10.1. The van der Waals surface area contributed by atoms with Gasteiger partial charge in [0.25, 0.3) is 5.91 Å². The minimum absolute atomic E-state index is 0.121. The van der Waals surface area contributed by atoms with Gasteiger partial charge in [0, 0.05) is 22.7 Å². The van der Waals surface area contributed by atoms with Gasteiger partial charge in [0.2, 0.25) is 0 Å². The van der Waals surface area contributed by atoms with E-state index in [0.717, 1.165) is 16.6 Å². The molecule has 0 bridgehead atoms. The van der Waals surface area contributed by atoms with Crippen LogP contribution < -0.4 is 10.6 Å². The first-order valence-electron chi connectivity index (χ1n) is 8.81. The van der Waals surface area contributed by atoms with Crippen LogP contribution in [0, 0.1) is 0 Å². The van der Waals surface area contributed by atoms with Crippen molar-refractivity contribution in [3.8, 4) is 0 Å². The van der Waals surface area contributed by atoms with E-state index in [1.54, 1.807) is 6.20 Å². The first-order valence-corrected chi connectivity index (χ1v) is 8.81. The molecule has 0 spiro atoms. The maximum absolute atomic E-state index is 12.4. The molecule has 1 fully saturated rings. The molecule has 4 rings (SSSR count). The summed E-state index contributed by atoms with van der Waals surface area (Å²) in [6.07, 6.45) is 6.76. The van der Waals surface area contributed by atoms with Gasteiger partial charge in [0.1, 0.15) is 0 Å². The standard InChI is InChI=1S/C21H21N3O/c25-21(24-19-13-16-5-1-4-8-20(16)22-14-19)15-9-11-18(12-10-15)23-17-6-2-3-7-17/h1,4-5,8-14,17,23H,2-3,6-7H2,(H,24,25). The number of nitrogens with zero attached hydrogens (tertiary/aromatic N) is 1. The van der Waals surface area contributed by atoms with Crippen LogP contribution in [0.3, 0.4) is 0 Å². The Morgan fingerprint density at radius 1 is 0.960 bits per heavy atom. The van der Waals surface area contributed by atoms with Gasteiger partial charge < -0.3 is 10.6 Å². The quantitative estimate of drug-likeness (QED) is 0.719. The molecule has 4 heteroatoms. The van der Waals surface area contributed by atoms with Crippen molar-refractivity contribution >= 4 is 28.2 Å². The van der Waals surface area contributed by atoms with Gasteiger partial charge in [-0.1, -0.05) is 31.0 Å². The van der Waals surface area contributed by atoms with Crippen molar-refractivity contribution in [2.75, 3.05) is 10.6 Å². The highest BCUT2D eigenvalue weighted by Crippen LogP contribution is 2.23. The number of benzene rings is 2. The molecular weight excluding hydrogens is 310 g/mol. The third-order valence-electron chi connectivity index (χ3n) is 4.72. The SMILES string of the molecule is O=C(Nc1cnc2ccccc2c1)c1ccc(NC2CCCC2)cc1. The first kappa shape index (κ1) is 15.6. The molecule has 1 aliphatic rings. The number of hydrogen-bond donors (Lipinski definition) is 2. The second kappa shape index (κ2) is 6.93. The van der Waals surface area contributed by atoms with Gasteiger partial charge in [0.05, 0.1) is 17.4 Å². The van der Waals surface area contributed by atoms with Gasteiger partial charge >= 0.3 is 0 Å². The van der Waals surface area contributed by atoms with Crippen molar-refractivity contribution in [3.63, 3.8) is 0 Å². The second-order valence-electron chi connectivity index (χ2n) is 6.57. The third-order valence-corrected chi connectivity index (χ3v) is 4.72. The number of rotatable bonds is 4. The van der Waals surface area contributed by atoms with E-state index in [0.29, 0.717) is 17.3 Å². The van der Waals surface area contributed by atoms with Crippen molar-refractivity contribution in [2.24, 2.45) is 0 Å². The summed E-state index contributed by atoms with van der Waals surface area (Å²) in [6.45, 7) is 0. The third kappa shape index (κ3) is 3.63. The molecule has 1 aromatic heterocycles. The Balaban J connectivity index is 1.44. The predicted octanol–water partition coefficient (Wildman–Crippen LogP) is 4.84. The van der Waals surface area contributed by atoms with Crippen LogP contribution in [-0.4, -0.2) is 16.9 Å². The summed E-state index contributed by atoms with van der Waals surface area (Å²) in [5, 5.41) is 7.47. The van der Waals surface area contributed by atoms with Crippen LogP contribution in [0.2, 0.25) is 0 Å². The van der Waals surface area contributed by atoms with Gasteiger partial charge in [-0.3, -0.25) is 9.78 Å².